The summed E-state index contributed by atoms with van der Waals surface area (Å²) in [5, 5.41) is 2.87. The van der Waals surface area contributed by atoms with E-state index in [-0.39, 0.29) is 6.04 Å². The molecule has 0 saturated carbocycles. The molecule has 1 aromatic rings. The maximum Gasteiger partial charge on any atom is 0.107 e. The fourth-order valence-corrected chi connectivity index (χ4v) is 0.850. The van der Waals surface area contributed by atoms with Crippen LogP contribution in [0.3, 0.4) is 0 Å². The van der Waals surface area contributed by atoms with E-state index in [0.717, 1.165) is 5.56 Å². The third kappa shape index (κ3) is 2.66. The van der Waals surface area contributed by atoms with Crippen LogP contribution in [0.5, 0.6) is 0 Å². The van der Waals surface area contributed by atoms with E-state index in [1.807, 2.05) is 36.4 Å². The summed E-state index contributed by atoms with van der Waals surface area (Å²) < 4.78 is 0. The number of rotatable bonds is 3. The first kappa shape index (κ1) is 8.65. The number of nitroso groups, excluding NO2 is 1. The SMILES string of the molecule is CC(/C=C/c1ccccc1)N=O. The molecule has 62 valence electrons. The molecule has 0 aliphatic carbocycles. The van der Waals surface area contributed by atoms with Gasteiger partial charge < -0.3 is 0 Å². The van der Waals surface area contributed by atoms with Crippen LogP contribution in [-0.2, 0) is 0 Å². The molecule has 0 fully saturated rings. The van der Waals surface area contributed by atoms with Crippen molar-refractivity contribution in [1.82, 2.24) is 0 Å². The van der Waals surface area contributed by atoms with Gasteiger partial charge in [0.05, 0.1) is 0 Å². The Morgan fingerprint density at radius 1 is 1.33 bits per heavy atom. The van der Waals surface area contributed by atoms with E-state index >= 15 is 0 Å². The van der Waals surface area contributed by atoms with Gasteiger partial charge in [0.15, 0.2) is 0 Å². The van der Waals surface area contributed by atoms with E-state index in [0.29, 0.717) is 0 Å². The molecular weight excluding hydrogens is 150 g/mol. The summed E-state index contributed by atoms with van der Waals surface area (Å²) in [5.41, 5.74) is 1.09. The van der Waals surface area contributed by atoms with E-state index in [1.165, 1.54) is 0 Å². The summed E-state index contributed by atoms with van der Waals surface area (Å²) in [4.78, 5) is 10.0. The Kier molecular flexibility index (Phi) is 3.20. The van der Waals surface area contributed by atoms with Crippen LogP contribution in [0.25, 0.3) is 6.08 Å². The van der Waals surface area contributed by atoms with Gasteiger partial charge in [-0.05, 0) is 12.5 Å². The normalized spacial score (nSPS) is 13.1. The molecular formula is C10H11NO. The smallest absolute Gasteiger partial charge is 0.107 e. The summed E-state index contributed by atoms with van der Waals surface area (Å²) >= 11 is 0. The van der Waals surface area contributed by atoms with E-state index in [1.54, 1.807) is 13.0 Å². The zero-order chi connectivity index (χ0) is 8.81. The summed E-state index contributed by atoms with van der Waals surface area (Å²) in [6, 6.07) is 9.59. The molecule has 0 spiro atoms. The predicted octanol–water partition coefficient (Wildman–Crippen LogP) is 2.85. The predicted molar refractivity (Wildman–Crippen MR) is 50.7 cm³/mol. The molecule has 2 nitrogen and oxygen atoms in total. The van der Waals surface area contributed by atoms with Crippen molar-refractivity contribution in [2.24, 2.45) is 5.18 Å². The molecule has 0 heterocycles. The van der Waals surface area contributed by atoms with E-state index in [4.69, 9.17) is 0 Å². The van der Waals surface area contributed by atoms with Crippen LogP contribution in [0.1, 0.15) is 12.5 Å². The molecule has 0 aromatic heterocycles. The van der Waals surface area contributed by atoms with Crippen molar-refractivity contribution in [3.8, 4) is 0 Å². The number of hydrogen-bond acceptors (Lipinski definition) is 2. The Morgan fingerprint density at radius 3 is 2.58 bits per heavy atom. The minimum absolute atomic E-state index is 0.245. The molecule has 0 N–H and O–H groups in total. The number of nitrogens with zero attached hydrogens (tertiary/aromatic N) is 1. The van der Waals surface area contributed by atoms with Gasteiger partial charge in [-0.25, -0.2) is 0 Å². The summed E-state index contributed by atoms with van der Waals surface area (Å²) in [5.74, 6) is 0. The van der Waals surface area contributed by atoms with E-state index in [2.05, 4.69) is 5.18 Å². The van der Waals surface area contributed by atoms with E-state index in [9.17, 15) is 4.91 Å². The van der Waals surface area contributed by atoms with Gasteiger partial charge in [0.1, 0.15) is 6.04 Å². The lowest BCUT2D eigenvalue weighted by molar-refractivity contribution is 0.920. The summed E-state index contributed by atoms with van der Waals surface area (Å²) in [6.07, 6.45) is 3.68. The van der Waals surface area contributed by atoms with Crippen LogP contribution in [-0.4, -0.2) is 6.04 Å². The molecule has 12 heavy (non-hydrogen) atoms. The lowest BCUT2D eigenvalue weighted by atomic mass is 10.2. The van der Waals surface area contributed by atoms with Crippen LogP contribution in [0, 0.1) is 4.91 Å². The summed E-state index contributed by atoms with van der Waals surface area (Å²) in [7, 11) is 0. The van der Waals surface area contributed by atoms with Crippen LogP contribution in [0.15, 0.2) is 41.6 Å². The highest BCUT2D eigenvalue weighted by atomic mass is 16.3. The highest BCUT2D eigenvalue weighted by molar-refractivity contribution is 5.49. The molecule has 0 radical (unpaired) electrons. The van der Waals surface area contributed by atoms with Crippen LogP contribution < -0.4 is 0 Å². The fraction of sp³-hybridized carbons (Fsp3) is 0.200. The largest absolute Gasteiger partial charge is 0.150 e. The molecule has 0 saturated heterocycles. The lowest BCUT2D eigenvalue weighted by Gasteiger charge is -1.92. The maximum absolute atomic E-state index is 10.0. The van der Waals surface area contributed by atoms with Crippen molar-refractivity contribution in [2.45, 2.75) is 13.0 Å². The van der Waals surface area contributed by atoms with Crippen LogP contribution >= 0.6 is 0 Å². The average molecular weight is 161 g/mol. The Hall–Kier alpha value is -1.44. The monoisotopic (exact) mass is 161 g/mol. The molecule has 1 atom stereocenters. The first-order valence-electron chi connectivity index (χ1n) is 3.88. The van der Waals surface area contributed by atoms with Gasteiger partial charge in [-0.2, -0.15) is 4.91 Å². The van der Waals surface area contributed by atoms with Crippen LogP contribution in [0.4, 0.5) is 0 Å². The highest BCUT2D eigenvalue weighted by Crippen LogP contribution is 2.02. The Morgan fingerprint density at radius 2 is 2.00 bits per heavy atom. The number of hydrogen-bond donors (Lipinski definition) is 0. The lowest BCUT2D eigenvalue weighted by Crippen LogP contribution is -1.87. The Labute approximate surface area is 71.9 Å². The first-order valence-corrected chi connectivity index (χ1v) is 3.88. The van der Waals surface area contributed by atoms with Crippen molar-refractivity contribution in [3.63, 3.8) is 0 Å². The van der Waals surface area contributed by atoms with Crippen molar-refractivity contribution in [2.75, 3.05) is 0 Å². The molecule has 0 aliphatic rings. The zero-order valence-corrected chi connectivity index (χ0v) is 6.97. The Balaban J connectivity index is 2.63. The van der Waals surface area contributed by atoms with Gasteiger partial charge in [0.2, 0.25) is 0 Å². The second-order valence-electron chi connectivity index (χ2n) is 2.62. The van der Waals surface area contributed by atoms with Crippen LogP contribution in [0.2, 0.25) is 0 Å². The van der Waals surface area contributed by atoms with Gasteiger partial charge in [0, 0.05) is 0 Å². The summed E-state index contributed by atoms with van der Waals surface area (Å²) in [6.45, 7) is 1.76. The molecule has 1 unspecified atom stereocenters. The maximum atomic E-state index is 10.0. The fourth-order valence-electron chi connectivity index (χ4n) is 0.850. The van der Waals surface area contributed by atoms with Gasteiger partial charge in [-0.15, -0.1) is 0 Å². The minimum Gasteiger partial charge on any atom is -0.150 e. The van der Waals surface area contributed by atoms with Gasteiger partial charge in [0.25, 0.3) is 0 Å². The topological polar surface area (TPSA) is 29.4 Å². The van der Waals surface area contributed by atoms with Crippen molar-refractivity contribution < 1.29 is 0 Å². The van der Waals surface area contributed by atoms with Crippen molar-refractivity contribution >= 4 is 6.08 Å². The molecule has 0 aliphatic heterocycles. The van der Waals surface area contributed by atoms with Gasteiger partial charge in [-0.3, -0.25) is 0 Å². The molecule has 2 heteroatoms. The zero-order valence-electron chi connectivity index (χ0n) is 6.97. The first-order chi connectivity index (χ1) is 5.83. The van der Waals surface area contributed by atoms with Gasteiger partial charge in [-0.1, -0.05) is 47.7 Å². The van der Waals surface area contributed by atoms with Crippen molar-refractivity contribution in [1.29, 1.82) is 0 Å². The molecule has 0 amide bonds. The molecule has 1 aromatic carbocycles. The molecule has 0 bridgehead atoms. The molecule has 1 rings (SSSR count). The second-order valence-corrected chi connectivity index (χ2v) is 2.62. The number of benzene rings is 1. The highest BCUT2D eigenvalue weighted by Gasteiger charge is 1.91. The minimum atomic E-state index is -0.245. The third-order valence-electron chi connectivity index (χ3n) is 1.53. The van der Waals surface area contributed by atoms with E-state index < -0.39 is 0 Å². The average Bonchev–Trinajstić information content (AvgIpc) is 2.16. The van der Waals surface area contributed by atoms with Gasteiger partial charge >= 0.3 is 0 Å². The second kappa shape index (κ2) is 4.44. The quantitative estimate of drug-likeness (QED) is 0.627. The Bertz CT molecular complexity index is 266. The standard InChI is InChI=1S/C10H11NO/c1-9(11-12)7-8-10-5-3-2-4-6-10/h2-9H,1H3/b8-7+. The third-order valence-corrected chi connectivity index (χ3v) is 1.53. The van der Waals surface area contributed by atoms with Crippen molar-refractivity contribution in [3.05, 3.63) is 46.9 Å².